The van der Waals surface area contributed by atoms with Gasteiger partial charge in [0, 0.05) is 39.0 Å². The molecule has 2 unspecified atom stereocenters. The predicted octanol–water partition coefficient (Wildman–Crippen LogP) is 3.12. The molecule has 12 heteroatoms. The second-order valence-corrected chi connectivity index (χ2v) is 13.5. The fourth-order valence-corrected chi connectivity index (χ4v) is 6.24. The standard InChI is InChI=1S/C27H35ClN4O6S/c1-26(2,3)37-19-11-15-31(17-19)21-7-4-6-20(28)24(21)38-27(12-13-27)25(34)30-39(35,36)23-9-5-8-22(29-23)32-14-10-18(33)16-32/h4-9,18-19,33H,10-17H2,1-3H3,(H,30,34). The molecule has 1 amide bonds. The zero-order chi connectivity index (χ0) is 28.0. The number of para-hydroxylation sites is 1. The van der Waals surface area contributed by atoms with Gasteiger partial charge < -0.3 is 24.4 Å². The van der Waals surface area contributed by atoms with Crippen LogP contribution in [0, 0.1) is 0 Å². The van der Waals surface area contributed by atoms with E-state index in [4.69, 9.17) is 21.1 Å². The molecule has 2 saturated heterocycles. The molecule has 3 aliphatic rings. The van der Waals surface area contributed by atoms with E-state index < -0.39 is 27.6 Å². The molecule has 2 aromatic rings. The van der Waals surface area contributed by atoms with Crippen LogP contribution in [0.5, 0.6) is 5.75 Å². The lowest BCUT2D eigenvalue weighted by molar-refractivity contribution is -0.127. The molecule has 2 atom stereocenters. The van der Waals surface area contributed by atoms with Crippen LogP contribution >= 0.6 is 11.6 Å². The molecule has 5 rings (SSSR count). The van der Waals surface area contributed by atoms with Crippen molar-refractivity contribution in [2.45, 2.75) is 74.9 Å². The lowest BCUT2D eigenvalue weighted by Gasteiger charge is -2.27. The summed E-state index contributed by atoms with van der Waals surface area (Å²) in [5.41, 5.74) is -0.864. The average molecular weight is 579 g/mol. The van der Waals surface area contributed by atoms with E-state index in [0.29, 0.717) is 55.5 Å². The summed E-state index contributed by atoms with van der Waals surface area (Å²) in [5.74, 6) is 0.0280. The second-order valence-electron chi connectivity index (χ2n) is 11.4. The quantitative estimate of drug-likeness (QED) is 0.486. The van der Waals surface area contributed by atoms with Crippen LogP contribution in [0.4, 0.5) is 11.5 Å². The minimum absolute atomic E-state index is 0.0484. The van der Waals surface area contributed by atoms with Gasteiger partial charge in [-0.2, -0.15) is 8.42 Å². The number of aromatic nitrogens is 1. The summed E-state index contributed by atoms with van der Waals surface area (Å²) in [4.78, 5) is 21.5. The fourth-order valence-electron chi connectivity index (χ4n) is 5.02. The van der Waals surface area contributed by atoms with Gasteiger partial charge in [0.1, 0.15) is 5.82 Å². The SMILES string of the molecule is CC(C)(C)OC1CCN(c2cccc(Cl)c2OC2(C(=O)NS(=O)(=O)c3cccc(N4CCC(O)C4)n3)CC2)C1. The number of sulfonamides is 1. The number of hydrogen-bond donors (Lipinski definition) is 2. The number of rotatable bonds is 8. The largest absolute Gasteiger partial charge is 0.474 e. The summed E-state index contributed by atoms with van der Waals surface area (Å²) in [6.45, 7) is 8.40. The highest BCUT2D eigenvalue weighted by Gasteiger charge is 2.55. The summed E-state index contributed by atoms with van der Waals surface area (Å²) in [6, 6.07) is 9.98. The number of anilines is 2. The summed E-state index contributed by atoms with van der Waals surface area (Å²) < 4.78 is 40.8. The van der Waals surface area contributed by atoms with Crippen molar-refractivity contribution in [2.24, 2.45) is 0 Å². The first-order chi connectivity index (χ1) is 18.4. The van der Waals surface area contributed by atoms with E-state index in [1.165, 1.54) is 6.07 Å². The van der Waals surface area contributed by atoms with Crippen molar-refractivity contribution in [2.75, 3.05) is 36.0 Å². The zero-order valence-electron chi connectivity index (χ0n) is 22.4. The van der Waals surface area contributed by atoms with Gasteiger partial charge in [0.2, 0.25) is 0 Å². The highest BCUT2D eigenvalue weighted by Crippen LogP contribution is 2.47. The fraction of sp³-hybridized carbons (Fsp3) is 0.556. The molecule has 10 nitrogen and oxygen atoms in total. The average Bonchev–Trinajstić information content (AvgIpc) is 3.29. The van der Waals surface area contributed by atoms with Crippen LogP contribution in [0.1, 0.15) is 46.5 Å². The number of ether oxygens (including phenoxy) is 2. The van der Waals surface area contributed by atoms with Crippen molar-refractivity contribution in [3.63, 3.8) is 0 Å². The minimum atomic E-state index is -4.26. The number of pyridine rings is 1. The Morgan fingerprint density at radius 1 is 1.10 bits per heavy atom. The molecule has 1 aromatic heterocycles. The predicted molar refractivity (Wildman–Crippen MR) is 148 cm³/mol. The van der Waals surface area contributed by atoms with E-state index in [-0.39, 0.29) is 16.7 Å². The first-order valence-electron chi connectivity index (χ1n) is 13.2. The van der Waals surface area contributed by atoms with Gasteiger partial charge in [0.25, 0.3) is 15.9 Å². The van der Waals surface area contributed by atoms with Crippen molar-refractivity contribution in [1.82, 2.24) is 9.71 Å². The van der Waals surface area contributed by atoms with Crippen molar-refractivity contribution < 1.29 is 27.8 Å². The van der Waals surface area contributed by atoms with Crippen LogP contribution in [-0.2, 0) is 19.6 Å². The Morgan fingerprint density at radius 3 is 2.49 bits per heavy atom. The first kappa shape index (κ1) is 27.9. The van der Waals surface area contributed by atoms with Gasteiger partial charge in [-0.15, -0.1) is 0 Å². The molecule has 2 N–H and O–H groups in total. The first-order valence-corrected chi connectivity index (χ1v) is 15.1. The molecular formula is C27H35ClN4O6S. The smallest absolute Gasteiger partial charge is 0.281 e. The number of benzene rings is 1. The highest BCUT2D eigenvalue weighted by atomic mass is 35.5. The number of amides is 1. The number of carbonyl (C=O) groups is 1. The number of aliphatic hydroxyl groups excluding tert-OH is 1. The number of carbonyl (C=O) groups excluding carboxylic acids is 1. The van der Waals surface area contributed by atoms with Crippen LogP contribution in [0.3, 0.4) is 0 Å². The van der Waals surface area contributed by atoms with Crippen molar-refractivity contribution in [3.05, 3.63) is 41.4 Å². The molecule has 3 heterocycles. The van der Waals surface area contributed by atoms with Crippen LogP contribution < -0.4 is 19.3 Å². The molecule has 2 aliphatic heterocycles. The maximum atomic E-state index is 13.3. The third kappa shape index (κ3) is 6.26. The topological polar surface area (TPSA) is 121 Å². The van der Waals surface area contributed by atoms with Gasteiger partial charge in [-0.1, -0.05) is 23.7 Å². The summed E-state index contributed by atoms with van der Waals surface area (Å²) >= 11 is 6.54. The molecular weight excluding hydrogens is 544 g/mol. The number of β-amino-alcohol motifs (C(OH)–C–C–N with tert-alkyl or cyclic N) is 1. The third-order valence-electron chi connectivity index (χ3n) is 7.07. The van der Waals surface area contributed by atoms with Crippen molar-refractivity contribution in [1.29, 1.82) is 0 Å². The molecule has 1 aliphatic carbocycles. The molecule has 39 heavy (non-hydrogen) atoms. The Bertz CT molecular complexity index is 1340. The normalized spacial score (nSPS) is 22.7. The van der Waals surface area contributed by atoms with Gasteiger partial charge >= 0.3 is 0 Å². The Balaban J connectivity index is 1.31. The lowest BCUT2D eigenvalue weighted by atomic mass is 10.2. The number of aliphatic hydroxyl groups is 1. The number of halogens is 1. The number of nitrogens with one attached hydrogen (secondary N) is 1. The lowest BCUT2D eigenvalue weighted by Crippen LogP contribution is -2.43. The van der Waals surface area contributed by atoms with Gasteiger partial charge in [-0.3, -0.25) is 4.79 Å². The summed E-state index contributed by atoms with van der Waals surface area (Å²) in [6.07, 6.45) is 1.70. The van der Waals surface area contributed by atoms with Crippen molar-refractivity contribution >= 4 is 39.0 Å². The second kappa shape index (κ2) is 10.4. The molecule has 1 aromatic carbocycles. The van der Waals surface area contributed by atoms with Gasteiger partial charge in [0.05, 0.1) is 28.5 Å². The van der Waals surface area contributed by atoms with E-state index in [0.717, 1.165) is 18.7 Å². The number of hydrogen-bond acceptors (Lipinski definition) is 9. The maximum absolute atomic E-state index is 13.3. The molecule has 0 radical (unpaired) electrons. The molecule has 0 spiro atoms. The van der Waals surface area contributed by atoms with Crippen LogP contribution in [0.15, 0.2) is 41.4 Å². The van der Waals surface area contributed by atoms with Crippen LogP contribution in [-0.4, -0.2) is 74.0 Å². The molecule has 212 valence electrons. The Morgan fingerprint density at radius 2 is 1.82 bits per heavy atom. The molecule has 0 bridgehead atoms. The van der Waals surface area contributed by atoms with E-state index in [9.17, 15) is 18.3 Å². The zero-order valence-corrected chi connectivity index (χ0v) is 24.0. The summed E-state index contributed by atoms with van der Waals surface area (Å²) in [5, 5.41) is 9.89. The van der Waals surface area contributed by atoms with E-state index in [2.05, 4.69) is 14.6 Å². The maximum Gasteiger partial charge on any atom is 0.281 e. The van der Waals surface area contributed by atoms with Gasteiger partial charge in [-0.05, 0) is 57.9 Å². The molecule has 3 fully saturated rings. The van der Waals surface area contributed by atoms with E-state index in [1.54, 1.807) is 18.2 Å². The van der Waals surface area contributed by atoms with Gasteiger partial charge in [-0.25, -0.2) is 9.71 Å². The Kier molecular flexibility index (Phi) is 7.47. The van der Waals surface area contributed by atoms with E-state index >= 15 is 0 Å². The number of nitrogens with zero attached hydrogens (tertiary/aromatic N) is 3. The summed E-state index contributed by atoms with van der Waals surface area (Å²) in [7, 11) is -4.26. The van der Waals surface area contributed by atoms with Gasteiger partial charge in [0.15, 0.2) is 16.4 Å². The third-order valence-corrected chi connectivity index (χ3v) is 8.60. The van der Waals surface area contributed by atoms with E-state index in [1.807, 2.05) is 37.8 Å². The minimum Gasteiger partial charge on any atom is -0.474 e. The van der Waals surface area contributed by atoms with Crippen LogP contribution in [0.25, 0.3) is 0 Å². The Hall–Kier alpha value is -2.60. The molecule has 1 saturated carbocycles. The van der Waals surface area contributed by atoms with Crippen LogP contribution in [0.2, 0.25) is 5.02 Å². The monoisotopic (exact) mass is 578 g/mol. The highest BCUT2D eigenvalue weighted by molar-refractivity contribution is 7.90. The van der Waals surface area contributed by atoms with Crippen molar-refractivity contribution in [3.8, 4) is 5.75 Å². The Labute approximate surface area is 234 Å².